The van der Waals surface area contributed by atoms with Crippen molar-refractivity contribution in [1.82, 2.24) is 0 Å². The molecule has 0 spiro atoms. The first-order chi connectivity index (χ1) is 8.38. The summed E-state index contributed by atoms with van der Waals surface area (Å²) in [6.07, 6.45) is 3.74. The summed E-state index contributed by atoms with van der Waals surface area (Å²) < 4.78 is 5.35. The summed E-state index contributed by atoms with van der Waals surface area (Å²) in [7, 11) is 0. The largest absolute Gasteiger partial charge is 0.407 e. The normalized spacial score (nSPS) is 9.24. The Hall–Kier alpha value is -2.20. The van der Waals surface area contributed by atoms with Crippen molar-refractivity contribution >= 4 is 0 Å². The zero-order valence-corrected chi connectivity index (χ0v) is 9.81. The standard InChI is InChI=1S/C16H14O/c1-2-14-8-10-16(11-9-14)17-13-12-15-6-4-3-5-7-15/h3-11H,2H2,1H3. The predicted molar refractivity (Wildman–Crippen MR) is 69.8 cm³/mol. The van der Waals surface area contributed by atoms with Gasteiger partial charge in [0.2, 0.25) is 0 Å². The van der Waals surface area contributed by atoms with Gasteiger partial charge in [-0.2, -0.15) is 0 Å². The van der Waals surface area contributed by atoms with Gasteiger partial charge in [0.1, 0.15) is 11.9 Å². The molecule has 84 valence electrons. The van der Waals surface area contributed by atoms with E-state index in [0.717, 1.165) is 17.7 Å². The summed E-state index contributed by atoms with van der Waals surface area (Å²) >= 11 is 0. The fourth-order valence-corrected chi connectivity index (χ4v) is 1.46. The van der Waals surface area contributed by atoms with Crippen molar-refractivity contribution < 1.29 is 4.74 Å². The summed E-state index contributed by atoms with van der Waals surface area (Å²) in [5, 5.41) is 0. The molecule has 0 unspecified atom stereocenters. The molecule has 0 amide bonds. The monoisotopic (exact) mass is 222 g/mol. The third-order valence-electron chi connectivity index (χ3n) is 2.47. The molecule has 0 N–H and O–H groups in total. The highest BCUT2D eigenvalue weighted by Gasteiger charge is 1.91. The summed E-state index contributed by atoms with van der Waals surface area (Å²) in [6, 6.07) is 17.8. The SMILES string of the molecule is CCc1ccc(OC#Cc2ccccc2)cc1. The Labute approximate surface area is 102 Å². The van der Waals surface area contributed by atoms with Gasteiger partial charge in [-0.1, -0.05) is 37.3 Å². The van der Waals surface area contributed by atoms with Gasteiger partial charge in [-0.05, 0) is 42.2 Å². The first-order valence-electron chi connectivity index (χ1n) is 5.70. The van der Waals surface area contributed by atoms with Crippen LogP contribution in [0.5, 0.6) is 5.75 Å². The second-order valence-electron chi connectivity index (χ2n) is 3.69. The molecule has 1 heteroatoms. The second-order valence-corrected chi connectivity index (χ2v) is 3.69. The van der Waals surface area contributed by atoms with Crippen LogP contribution in [0.3, 0.4) is 0 Å². The van der Waals surface area contributed by atoms with Crippen LogP contribution < -0.4 is 4.74 Å². The van der Waals surface area contributed by atoms with E-state index in [1.807, 2.05) is 42.5 Å². The van der Waals surface area contributed by atoms with Crippen molar-refractivity contribution in [3.8, 4) is 17.8 Å². The minimum Gasteiger partial charge on any atom is -0.407 e. The quantitative estimate of drug-likeness (QED) is 0.705. The minimum absolute atomic E-state index is 0.783. The number of benzene rings is 2. The summed E-state index contributed by atoms with van der Waals surface area (Å²) in [5.41, 5.74) is 2.26. The van der Waals surface area contributed by atoms with Gasteiger partial charge in [-0.3, -0.25) is 0 Å². The Bertz CT molecular complexity index is 515. The molecule has 0 saturated carbocycles. The lowest BCUT2D eigenvalue weighted by Gasteiger charge is -1.98. The van der Waals surface area contributed by atoms with Gasteiger partial charge in [0.05, 0.1) is 0 Å². The molecular formula is C16H14O. The van der Waals surface area contributed by atoms with E-state index in [-0.39, 0.29) is 0 Å². The molecule has 0 heterocycles. The van der Waals surface area contributed by atoms with Crippen LogP contribution in [0.1, 0.15) is 18.1 Å². The molecule has 0 aliphatic heterocycles. The maximum Gasteiger partial charge on any atom is 0.140 e. The smallest absolute Gasteiger partial charge is 0.140 e. The highest BCUT2D eigenvalue weighted by molar-refractivity contribution is 5.34. The Morgan fingerprint density at radius 1 is 0.941 bits per heavy atom. The molecule has 2 aromatic rings. The Kier molecular flexibility index (Phi) is 3.83. The molecule has 0 radical (unpaired) electrons. The molecule has 2 rings (SSSR count). The van der Waals surface area contributed by atoms with Crippen molar-refractivity contribution in [2.45, 2.75) is 13.3 Å². The summed E-state index contributed by atoms with van der Waals surface area (Å²) in [4.78, 5) is 0. The van der Waals surface area contributed by atoms with E-state index >= 15 is 0 Å². The number of aryl methyl sites for hydroxylation is 1. The molecule has 0 bridgehead atoms. The summed E-state index contributed by atoms with van der Waals surface area (Å²) in [5.74, 6) is 3.73. The van der Waals surface area contributed by atoms with E-state index < -0.39 is 0 Å². The maximum atomic E-state index is 5.35. The van der Waals surface area contributed by atoms with Crippen LogP contribution >= 0.6 is 0 Å². The van der Waals surface area contributed by atoms with E-state index in [4.69, 9.17) is 4.74 Å². The van der Waals surface area contributed by atoms with Gasteiger partial charge in [-0.25, -0.2) is 0 Å². The molecular weight excluding hydrogens is 208 g/mol. The highest BCUT2D eigenvalue weighted by Crippen LogP contribution is 2.11. The van der Waals surface area contributed by atoms with E-state index in [1.54, 1.807) is 0 Å². The molecule has 0 fully saturated rings. The van der Waals surface area contributed by atoms with Gasteiger partial charge in [0, 0.05) is 5.56 Å². The fraction of sp³-hybridized carbons (Fsp3) is 0.125. The van der Waals surface area contributed by atoms with Gasteiger partial charge < -0.3 is 4.74 Å². The van der Waals surface area contributed by atoms with Crippen LogP contribution in [0.25, 0.3) is 0 Å². The molecule has 0 saturated heterocycles. The minimum atomic E-state index is 0.783. The number of rotatable bonds is 2. The average molecular weight is 222 g/mol. The molecule has 17 heavy (non-hydrogen) atoms. The molecule has 2 aromatic carbocycles. The zero-order valence-electron chi connectivity index (χ0n) is 9.81. The van der Waals surface area contributed by atoms with Crippen molar-refractivity contribution in [1.29, 1.82) is 0 Å². The lowest BCUT2D eigenvalue weighted by molar-refractivity contribution is 0.519. The average Bonchev–Trinajstić information content (AvgIpc) is 2.41. The molecule has 0 atom stereocenters. The van der Waals surface area contributed by atoms with E-state index in [1.165, 1.54) is 5.56 Å². The van der Waals surface area contributed by atoms with Crippen LogP contribution in [0, 0.1) is 12.0 Å². The first-order valence-corrected chi connectivity index (χ1v) is 5.70. The number of hydrogen-bond donors (Lipinski definition) is 0. The van der Waals surface area contributed by atoms with Gasteiger partial charge in [0.25, 0.3) is 0 Å². The number of ether oxygens (including phenoxy) is 1. The van der Waals surface area contributed by atoms with Crippen molar-refractivity contribution in [2.75, 3.05) is 0 Å². The van der Waals surface area contributed by atoms with Crippen LogP contribution in [0.15, 0.2) is 54.6 Å². The van der Waals surface area contributed by atoms with E-state index in [9.17, 15) is 0 Å². The van der Waals surface area contributed by atoms with Gasteiger partial charge in [-0.15, -0.1) is 0 Å². The van der Waals surface area contributed by atoms with E-state index in [2.05, 4.69) is 31.1 Å². The Morgan fingerprint density at radius 3 is 2.29 bits per heavy atom. The lowest BCUT2D eigenvalue weighted by atomic mass is 10.2. The number of hydrogen-bond acceptors (Lipinski definition) is 1. The second kappa shape index (κ2) is 5.77. The van der Waals surface area contributed by atoms with Gasteiger partial charge >= 0.3 is 0 Å². The van der Waals surface area contributed by atoms with E-state index in [0.29, 0.717) is 0 Å². The fourth-order valence-electron chi connectivity index (χ4n) is 1.46. The van der Waals surface area contributed by atoms with Crippen molar-refractivity contribution in [3.63, 3.8) is 0 Å². The molecule has 0 aliphatic carbocycles. The molecule has 0 aromatic heterocycles. The van der Waals surface area contributed by atoms with Crippen LogP contribution in [-0.4, -0.2) is 0 Å². The Balaban J connectivity index is 2.00. The third kappa shape index (κ3) is 3.39. The highest BCUT2D eigenvalue weighted by atomic mass is 16.5. The van der Waals surface area contributed by atoms with Crippen molar-refractivity contribution in [3.05, 3.63) is 65.7 Å². The zero-order chi connectivity index (χ0) is 11.9. The molecule has 1 nitrogen and oxygen atoms in total. The van der Waals surface area contributed by atoms with Crippen LogP contribution in [-0.2, 0) is 6.42 Å². The molecule has 0 aliphatic rings. The summed E-state index contributed by atoms with van der Waals surface area (Å²) in [6.45, 7) is 2.13. The predicted octanol–water partition coefficient (Wildman–Crippen LogP) is 3.64. The maximum absolute atomic E-state index is 5.35. The van der Waals surface area contributed by atoms with Crippen molar-refractivity contribution in [2.24, 2.45) is 0 Å². The van der Waals surface area contributed by atoms with Crippen LogP contribution in [0.4, 0.5) is 0 Å². The first kappa shape index (κ1) is 11.3. The lowest BCUT2D eigenvalue weighted by Crippen LogP contribution is -1.84. The van der Waals surface area contributed by atoms with Gasteiger partial charge in [0.15, 0.2) is 0 Å². The third-order valence-corrected chi connectivity index (χ3v) is 2.47. The van der Waals surface area contributed by atoms with Crippen LogP contribution in [0.2, 0.25) is 0 Å². The topological polar surface area (TPSA) is 9.23 Å². The Morgan fingerprint density at radius 2 is 1.65 bits per heavy atom.